The van der Waals surface area contributed by atoms with E-state index in [1.165, 1.54) is 12.1 Å². The Morgan fingerprint density at radius 2 is 1.71 bits per heavy atom. The summed E-state index contributed by atoms with van der Waals surface area (Å²) in [6, 6.07) is 14.2. The number of carbonyl (C=O) groups is 1. The Labute approximate surface area is 137 Å². The maximum absolute atomic E-state index is 12.3. The van der Waals surface area contributed by atoms with Crippen LogP contribution in [0.4, 0.5) is 11.4 Å². The molecule has 0 spiro atoms. The molecule has 1 amide bonds. The minimum atomic E-state index is -0.277. The normalized spacial score (nSPS) is 15.0. The molecular weight excluding hydrogens is 304 g/mol. The number of nitrogens with one attached hydrogen (secondary N) is 2. The van der Waals surface area contributed by atoms with Crippen LogP contribution in [0.1, 0.15) is 11.3 Å². The Hall–Kier alpha value is -3.34. The second-order valence-corrected chi connectivity index (χ2v) is 5.70. The first-order chi connectivity index (χ1) is 11.6. The summed E-state index contributed by atoms with van der Waals surface area (Å²) in [5, 5.41) is 6.39. The van der Waals surface area contributed by atoms with Gasteiger partial charge in [-0.1, -0.05) is 23.8 Å². The summed E-state index contributed by atoms with van der Waals surface area (Å²) in [7, 11) is 0. The molecule has 2 aromatic carbocycles. The van der Waals surface area contributed by atoms with Crippen molar-refractivity contribution in [2.24, 2.45) is 0 Å². The number of hydrogen-bond acceptors (Lipinski definition) is 4. The molecule has 0 saturated heterocycles. The van der Waals surface area contributed by atoms with Crippen molar-refractivity contribution in [2.45, 2.75) is 6.92 Å². The molecule has 3 aromatic rings. The van der Waals surface area contributed by atoms with E-state index in [1.807, 2.05) is 37.3 Å². The Morgan fingerprint density at radius 3 is 2.50 bits per heavy atom. The van der Waals surface area contributed by atoms with Crippen LogP contribution in [0.15, 0.2) is 63.4 Å². The van der Waals surface area contributed by atoms with E-state index in [0.717, 1.165) is 16.9 Å². The lowest BCUT2D eigenvalue weighted by Gasteiger charge is -2.20. The molecule has 4 rings (SSSR count). The molecule has 0 radical (unpaired) electrons. The molecule has 5 heteroatoms. The van der Waals surface area contributed by atoms with Gasteiger partial charge in [-0.3, -0.25) is 9.59 Å². The number of anilines is 2. The van der Waals surface area contributed by atoms with Gasteiger partial charge in [0.25, 0.3) is 5.91 Å². The standard InChI is InChI=1S/C19H14N2O3/c1-11-6-7-18-13(8-11)17(22)10-12(24-18)9-16-19(23)21-15-5-3-2-4-14(15)20-16/h2-10,20H,1H3,(H,21,23). The average molecular weight is 318 g/mol. The number of benzene rings is 2. The molecule has 1 aliphatic heterocycles. The molecular formula is C19H14N2O3. The highest BCUT2D eigenvalue weighted by Crippen LogP contribution is 2.28. The molecule has 1 aliphatic rings. The number of rotatable bonds is 1. The van der Waals surface area contributed by atoms with E-state index in [1.54, 1.807) is 12.1 Å². The van der Waals surface area contributed by atoms with E-state index in [9.17, 15) is 9.59 Å². The Kier molecular flexibility index (Phi) is 3.20. The van der Waals surface area contributed by atoms with E-state index in [-0.39, 0.29) is 11.3 Å². The molecule has 1 aromatic heterocycles. The molecule has 0 bridgehead atoms. The van der Waals surface area contributed by atoms with Crippen molar-refractivity contribution < 1.29 is 9.21 Å². The van der Waals surface area contributed by atoms with Crippen molar-refractivity contribution in [3.8, 4) is 0 Å². The van der Waals surface area contributed by atoms with E-state index in [4.69, 9.17) is 4.42 Å². The van der Waals surface area contributed by atoms with Gasteiger partial charge in [0.1, 0.15) is 17.0 Å². The van der Waals surface area contributed by atoms with Gasteiger partial charge in [-0.05, 0) is 31.2 Å². The Balaban J connectivity index is 1.79. The van der Waals surface area contributed by atoms with Crippen LogP contribution in [0.25, 0.3) is 17.0 Å². The Morgan fingerprint density at radius 1 is 0.958 bits per heavy atom. The van der Waals surface area contributed by atoms with Gasteiger partial charge in [0.15, 0.2) is 5.43 Å². The van der Waals surface area contributed by atoms with Crippen LogP contribution in [0.3, 0.4) is 0 Å². The highest BCUT2D eigenvalue weighted by Gasteiger charge is 2.19. The van der Waals surface area contributed by atoms with Crippen LogP contribution in [0, 0.1) is 6.92 Å². The fourth-order valence-corrected chi connectivity index (χ4v) is 2.70. The third-order valence-corrected chi connectivity index (χ3v) is 3.88. The molecule has 0 atom stereocenters. The van der Waals surface area contributed by atoms with E-state index in [0.29, 0.717) is 22.4 Å². The first-order valence-corrected chi connectivity index (χ1v) is 7.54. The molecule has 0 unspecified atom stereocenters. The van der Waals surface area contributed by atoms with Crippen LogP contribution in [-0.4, -0.2) is 5.91 Å². The smallest absolute Gasteiger partial charge is 0.272 e. The van der Waals surface area contributed by atoms with Gasteiger partial charge in [0.2, 0.25) is 0 Å². The maximum atomic E-state index is 12.3. The summed E-state index contributed by atoms with van der Waals surface area (Å²) >= 11 is 0. The number of fused-ring (bicyclic) bond motifs is 2. The molecule has 0 aliphatic carbocycles. The molecule has 2 N–H and O–H groups in total. The van der Waals surface area contributed by atoms with E-state index < -0.39 is 0 Å². The number of carbonyl (C=O) groups excluding carboxylic acids is 1. The van der Waals surface area contributed by atoms with Crippen molar-refractivity contribution in [1.82, 2.24) is 0 Å². The first kappa shape index (κ1) is 14.3. The summed E-state index contributed by atoms with van der Waals surface area (Å²) in [4.78, 5) is 24.5. The monoisotopic (exact) mass is 318 g/mol. The van der Waals surface area contributed by atoms with E-state index in [2.05, 4.69) is 10.6 Å². The highest BCUT2D eigenvalue weighted by atomic mass is 16.3. The fourth-order valence-electron chi connectivity index (χ4n) is 2.70. The predicted molar refractivity (Wildman–Crippen MR) is 93.9 cm³/mol. The SMILES string of the molecule is Cc1ccc2oc(C=C3Nc4ccccc4NC3=O)cc(=O)c2c1. The molecule has 2 heterocycles. The number of amides is 1. The number of hydrogen-bond donors (Lipinski definition) is 2. The zero-order chi connectivity index (χ0) is 16.7. The minimum absolute atomic E-state index is 0.136. The number of aryl methyl sites for hydroxylation is 1. The zero-order valence-electron chi connectivity index (χ0n) is 12.9. The van der Waals surface area contributed by atoms with Gasteiger partial charge in [0, 0.05) is 12.1 Å². The van der Waals surface area contributed by atoms with Crippen LogP contribution in [-0.2, 0) is 4.79 Å². The third kappa shape index (κ3) is 2.46. The van der Waals surface area contributed by atoms with Crippen LogP contribution < -0.4 is 16.1 Å². The molecule has 0 saturated carbocycles. The summed E-state index contributed by atoms with van der Waals surface area (Å²) in [5.41, 5.74) is 3.19. The molecule has 118 valence electrons. The van der Waals surface area contributed by atoms with Crippen LogP contribution >= 0.6 is 0 Å². The van der Waals surface area contributed by atoms with Gasteiger partial charge in [-0.15, -0.1) is 0 Å². The molecule has 24 heavy (non-hydrogen) atoms. The lowest BCUT2D eigenvalue weighted by Crippen LogP contribution is -2.25. The average Bonchev–Trinajstić information content (AvgIpc) is 2.56. The quantitative estimate of drug-likeness (QED) is 0.674. The second kappa shape index (κ2) is 5.38. The lowest BCUT2D eigenvalue weighted by atomic mass is 10.1. The van der Waals surface area contributed by atoms with Crippen molar-refractivity contribution in [3.63, 3.8) is 0 Å². The van der Waals surface area contributed by atoms with E-state index >= 15 is 0 Å². The summed E-state index contributed by atoms with van der Waals surface area (Å²) in [6.45, 7) is 1.92. The highest BCUT2D eigenvalue weighted by molar-refractivity contribution is 6.13. The zero-order valence-corrected chi connectivity index (χ0v) is 12.9. The van der Waals surface area contributed by atoms with Crippen molar-refractivity contribution in [2.75, 3.05) is 10.6 Å². The maximum Gasteiger partial charge on any atom is 0.272 e. The summed E-state index contributed by atoms with van der Waals surface area (Å²) in [5.74, 6) is 0.0498. The van der Waals surface area contributed by atoms with Crippen LogP contribution in [0.2, 0.25) is 0 Å². The largest absolute Gasteiger partial charge is 0.456 e. The summed E-state index contributed by atoms with van der Waals surface area (Å²) in [6.07, 6.45) is 1.53. The van der Waals surface area contributed by atoms with Gasteiger partial charge in [0.05, 0.1) is 16.8 Å². The second-order valence-electron chi connectivity index (χ2n) is 5.70. The Bertz CT molecular complexity index is 1060. The van der Waals surface area contributed by atoms with Crippen molar-refractivity contribution >= 4 is 34.3 Å². The molecule has 5 nitrogen and oxygen atoms in total. The van der Waals surface area contributed by atoms with Crippen molar-refractivity contribution in [1.29, 1.82) is 0 Å². The van der Waals surface area contributed by atoms with Crippen LogP contribution in [0.5, 0.6) is 0 Å². The lowest BCUT2D eigenvalue weighted by molar-refractivity contribution is -0.112. The van der Waals surface area contributed by atoms with Gasteiger partial charge >= 0.3 is 0 Å². The summed E-state index contributed by atoms with van der Waals surface area (Å²) < 4.78 is 5.74. The minimum Gasteiger partial charge on any atom is -0.456 e. The predicted octanol–water partition coefficient (Wildman–Crippen LogP) is 3.51. The van der Waals surface area contributed by atoms with Gasteiger partial charge < -0.3 is 15.1 Å². The van der Waals surface area contributed by atoms with Gasteiger partial charge in [-0.2, -0.15) is 0 Å². The van der Waals surface area contributed by atoms with Crippen molar-refractivity contribution in [3.05, 3.63) is 75.8 Å². The molecule has 0 fully saturated rings. The van der Waals surface area contributed by atoms with Gasteiger partial charge in [-0.25, -0.2) is 0 Å². The first-order valence-electron chi connectivity index (χ1n) is 7.54. The topological polar surface area (TPSA) is 71.3 Å². The fraction of sp³-hybridized carbons (Fsp3) is 0.0526. The number of para-hydroxylation sites is 2. The third-order valence-electron chi connectivity index (χ3n) is 3.88.